The van der Waals surface area contributed by atoms with Crippen LogP contribution >= 0.6 is 0 Å². The first-order valence-corrected chi connectivity index (χ1v) is 3.17. The van der Waals surface area contributed by atoms with E-state index in [0.717, 1.165) is 5.57 Å². The highest BCUT2D eigenvalue weighted by atomic mass is 13.9. The van der Waals surface area contributed by atoms with E-state index in [0.29, 0.717) is 0 Å². The minimum Gasteiger partial charge on any atom is -0.0915 e. The van der Waals surface area contributed by atoms with Crippen LogP contribution in [0.5, 0.6) is 0 Å². The van der Waals surface area contributed by atoms with Gasteiger partial charge in [0.1, 0.15) is 0 Å². The molecule has 0 unspecified atom stereocenters. The van der Waals surface area contributed by atoms with Crippen molar-refractivity contribution in [3.05, 3.63) is 36.0 Å². The molecule has 0 spiro atoms. The van der Waals surface area contributed by atoms with E-state index in [4.69, 9.17) is 0 Å². The molecule has 0 aliphatic rings. The van der Waals surface area contributed by atoms with Gasteiger partial charge in [-0.3, -0.25) is 0 Å². The van der Waals surface area contributed by atoms with Crippen LogP contribution in [0.15, 0.2) is 36.0 Å². The first kappa shape index (κ1) is 8.22. The Kier molecular flexibility index (Phi) is 3.78. The molecule has 9 heavy (non-hydrogen) atoms. The van der Waals surface area contributed by atoms with E-state index >= 15 is 0 Å². The van der Waals surface area contributed by atoms with Gasteiger partial charge in [0.2, 0.25) is 0 Å². The summed E-state index contributed by atoms with van der Waals surface area (Å²) in [4.78, 5) is 0. The molecule has 50 valence electrons. The summed E-state index contributed by atoms with van der Waals surface area (Å²) < 4.78 is 0. The molecule has 0 aliphatic heterocycles. The van der Waals surface area contributed by atoms with Gasteiger partial charge in [-0.25, -0.2) is 0 Å². The molecule has 0 saturated carbocycles. The maximum atomic E-state index is 3.86. The van der Waals surface area contributed by atoms with Crippen LogP contribution in [0.4, 0.5) is 0 Å². The van der Waals surface area contributed by atoms with Crippen LogP contribution in [0.2, 0.25) is 0 Å². The lowest BCUT2D eigenvalue weighted by Crippen LogP contribution is -1.75. The number of allylic oxidation sites excluding steroid dienone is 5. The van der Waals surface area contributed by atoms with Gasteiger partial charge in [0.15, 0.2) is 0 Å². The monoisotopic (exact) mass is 122 g/mol. The van der Waals surface area contributed by atoms with Crippen molar-refractivity contribution in [3.63, 3.8) is 0 Å². The topological polar surface area (TPSA) is 0 Å². The van der Waals surface area contributed by atoms with Crippen LogP contribution in [0.25, 0.3) is 0 Å². The predicted molar refractivity (Wildman–Crippen MR) is 43.4 cm³/mol. The molecule has 0 nitrogen and oxygen atoms in total. The van der Waals surface area contributed by atoms with E-state index in [9.17, 15) is 0 Å². The third-order valence-electron chi connectivity index (χ3n) is 1.31. The van der Waals surface area contributed by atoms with Crippen molar-refractivity contribution >= 4 is 0 Å². The largest absolute Gasteiger partial charge is 0.0915 e. The van der Waals surface area contributed by atoms with Gasteiger partial charge >= 0.3 is 0 Å². The quantitative estimate of drug-likeness (QED) is 0.494. The lowest BCUT2D eigenvalue weighted by atomic mass is 10.1. The molecule has 0 radical (unpaired) electrons. The molecule has 0 heteroatoms. The van der Waals surface area contributed by atoms with E-state index in [1.165, 1.54) is 5.57 Å². The second kappa shape index (κ2) is 4.13. The van der Waals surface area contributed by atoms with Crippen LogP contribution in [-0.2, 0) is 0 Å². The van der Waals surface area contributed by atoms with Gasteiger partial charge < -0.3 is 0 Å². The van der Waals surface area contributed by atoms with E-state index < -0.39 is 0 Å². The smallest absolute Gasteiger partial charge is 0.0306 e. The van der Waals surface area contributed by atoms with Crippen molar-refractivity contribution in [2.45, 2.75) is 20.8 Å². The second-order valence-electron chi connectivity index (χ2n) is 2.00. The lowest BCUT2D eigenvalue weighted by Gasteiger charge is -1.95. The average Bonchev–Trinajstić information content (AvgIpc) is 1.87. The fourth-order valence-electron chi connectivity index (χ4n) is 0.518. The van der Waals surface area contributed by atoms with Gasteiger partial charge in [0.05, 0.1) is 0 Å². The number of rotatable bonds is 2. The molecule has 0 aromatic heterocycles. The van der Waals surface area contributed by atoms with Crippen LogP contribution in [-0.4, -0.2) is 0 Å². The molecule has 0 amide bonds. The Morgan fingerprint density at radius 3 is 2.22 bits per heavy atom. The summed E-state index contributed by atoms with van der Waals surface area (Å²) in [5.74, 6) is 0. The van der Waals surface area contributed by atoms with E-state index in [1.54, 1.807) is 0 Å². The zero-order chi connectivity index (χ0) is 7.28. The van der Waals surface area contributed by atoms with Crippen molar-refractivity contribution in [1.29, 1.82) is 0 Å². The van der Waals surface area contributed by atoms with E-state index in [-0.39, 0.29) is 0 Å². The Hall–Kier alpha value is -0.780. The zero-order valence-corrected chi connectivity index (χ0v) is 6.44. The molecule has 0 aromatic carbocycles. The maximum Gasteiger partial charge on any atom is -0.0306 e. The average molecular weight is 122 g/mol. The fraction of sp³-hybridized carbons (Fsp3) is 0.333. The van der Waals surface area contributed by atoms with Gasteiger partial charge in [-0.2, -0.15) is 0 Å². The van der Waals surface area contributed by atoms with E-state index in [2.05, 4.69) is 19.6 Å². The van der Waals surface area contributed by atoms with Gasteiger partial charge in [-0.1, -0.05) is 24.8 Å². The maximum absolute atomic E-state index is 3.86. The molecule has 0 heterocycles. The fourth-order valence-corrected chi connectivity index (χ4v) is 0.518. The van der Waals surface area contributed by atoms with Crippen molar-refractivity contribution < 1.29 is 0 Å². The minimum atomic E-state index is 1.10. The van der Waals surface area contributed by atoms with Crippen molar-refractivity contribution in [3.8, 4) is 0 Å². The van der Waals surface area contributed by atoms with E-state index in [1.807, 2.05) is 26.0 Å². The van der Waals surface area contributed by atoms with Crippen molar-refractivity contribution in [2.75, 3.05) is 0 Å². The zero-order valence-electron chi connectivity index (χ0n) is 6.44. The summed E-state index contributed by atoms with van der Waals surface area (Å²) in [5, 5.41) is 0. The molecule has 0 rings (SSSR count). The van der Waals surface area contributed by atoms with Crippen molar-refractivity contribution in [2.24, 2.45) is 0 Å². The Morgan fingerprint density at radius 1 is 1.33 bits per heavy atom. The highest BCUT2D eigenvalue weighted by Gasteiger charge is 1.86. The van der Waals surface area contributed by atoms with Crippen LogP contribution < -0.4 is 0 Å². The first-order chi connectivity index (χ1) is 4.22. The lowest BCUT2D eigenvalue weighted by molar-refractivity contribution is 1.41. The summed E-state index contributed by atoms with van der Waals surface area (Å²) in [6.07, 6.45) is 6.06. The first-order valence-electron chi connectivity index (χ1n) is 3.17. The summed E-state index contributed by atoms with van der Waals surface area (Å²) in [6.45, 7) is 9.93. The molecule has 0 aliphatic carbocycles. The van der Waals surface area contributed by atoms with Crippen molar-refractivity contribution in [1.82, 2.24) is 0 Å². The molecule has 0 N–H and O–H groups in total. The van der Waals surface area contributed by atoms with Gasteiger partial charge in [0.25, 0.3) is 0 Å². The highest BCUT2D eigenvalue weighted by molar-refractivity contribution is 5.34. The van der Waals surface area contributed by atoms with Gasteiger partial charge in [-0.05, 0) is 31.9 Å². The molecule has 0 fully saturated rings. The van der Waals surface area contributed by atoms with Gasteiger partial charge in [-0.15, -0.1) is 0 Å². The normalized spacial score (nSPS) is 12.6. The Bertz CT molecular complexity index is 147. The Morgan fingerprint density at radius 2 is 1.89 bits per heavy atom. The van der Waals surface area contributed by atoms with Crippen LogP contribution in [0.1, 0.15) is 20.8 Å². The summed E-state index contributed by atoms with van der Waals surface area (Å²) >= 11 is 0. The molecule has 0 atom stereocenters. The second-order valence-corrected chi connectivity index (χ2v) is 2.00. The third-order valence-corrected chi connectivity index (χ3v) is 1.31. The molecule has 0 aromatic rings. The number of hydrogen-bond acceptors (Lipinski definition) is 0. The summed E-state index contributed by atoms with van der Waals surface area (Å²) in [5.41, 5.74) is 2.34. The molecular formula is C9H14. The third kappa shape index (κ3) is 2.91. The minimum absolute atomic E-state index is 1.10. The molecular weight excluding hydrogens is 108 g/mol. The van der Waals surface area contributed by atoms with Crippen LogP contribution in [0.3, 0.4) is 0 Å². The predicted octanol–water partition coefficient (Wildman–Crippen LogP) is 3.08. The summed E-state index contributed by atoms with van der Waals surface area (Å²) in [6, 6.07) is 0. The summed E-state index contributed by atoms with van der Waals surface area (Å²) in [7, 11) is 0. The number of hydrogen-bond donors (Lipinski definition) is 0. The molecule has 0 bridgehead atoms. The van der Waals surface area contributed by atoms with Crippen LogP contribution in [0, 0.1) is 0 Å². The standard InChI is InChI=1S/C9H14/c1-5-7-9(4)8(3)6-2/h5-7H,4H2,1-3H3/b7-5-,8-6-. The Balaban J connectivity index is 4.05. The SMILES string of the molecule is C=C(/C=C\C)/C(C)=C\C. The van der Waals surface area contributed by atoms with Gasteiger partial charge in [0, 0.05) is 0 Å². The molecule has 0 saturated heterocycles. The highest BCUT2D eigenvalue weighted by Crippen LogP contribution is 2.06. The Labute approximate surface area is 57.6 Å².